The van der Waals surface area contributed by atoms with Crippen LogP contribution < -0.4 is 10.6 Å². The lowest BCUT2D eigenvalue weighted by molar-refractivity contribution is 0.248. The Hall–Kier alpha value is -2.34. The first-order valence-corrected chi connectivity index (χ1v) is 9.65. The van der Waals surface area contributed by atoms with Crippen molar-refractivity contribution < 1.29 is 13.2 Å². The van der Waals surface area contributed by atoms with Crippen LogP contribution in [-0.2, 0) is 16.3 Å². The van der Waals surface area contributed by atoms with E-state index in [1.165, 1.54) is 17.7 Å². The van der Waals surface area contributed by atoms with Crippen LogP contribution >= 0.6 is 0 Å². The van der Waals surface area contributed by atoms with Crippen molar-refractivity contribution in [2.45, 2.75) is 30.7 Å². The van der Waals surface area contributed by atoms with Crippen molar-refractivity contribution in [2.24, 2.45) is 0 Å². The summed E-state index contributed by atoms with van der Waals surface area (Å²) in [4.78, 5) is 12.2. The first-order chi connectivity index (χ1) is 11.3. The molecule has 2 amide bonds. The SMILES string of the molecule is CC(CCc1ccccc1)NC(=O)Nc1ccc(S(C)(=O)=O)cc1. The minimum Gasteiger partial charge on any atom is -0.335 e. The summed E-state index contributed by atoms with van der Waals surface area (Å²) in [6.07, 6.45) is 2.88. The molecule has 0 heterocycles. The third kappa shape index (κ3) is 5.70. The van der Waals surface area contributed by atoms with Crippen molar-refractivity contribution in [3.05, 3.63) is 60.2 Å². The molecule has 0 aliphatic carbocycles. The summed E-state index contributed by atoms with van der Waals surface area (Å²) in [5.41, 5.74) is 1.79. The van der Waals surface area contributed by atoms with Gasteiger partial charge in [0.1, 0.15) is 0 Å². The number of urea groups is 1. The molecule has 0 saturated carbocycles. The van der Waals surface area contributed by atoms with Gasteiger partial charge in [-0.05, 0) is 49.6 Å². The molecule has 0 saturated heterocycles. The van der Waals surface area contributed by atoms with Gasteiger partial charge in [0.25, 0.3) is 0 Å². The van der Waals surface area contributed by atoms with Gasteiger partial charge < -0.3 is 10.6 Å². The maximum atomic E-state index is 12.0. The maximum absolute atomic E-state index is 12.0. The van der Waals surface area contributed by atoms with Crippen LogP contribution in [0.15, 0.2) is 59.5 Å². The minimum atomic E-state index is -3.23. The summed E-state index contributed by atoms with van der Waals surface area (Å²) in [6, 6.07) is 15.9. The number of aryl methyl sites for hydroxylation is 1. The van der Waals surface area contributed by atoms with E-state index < -0.39 is 9.84 Å². The Labute approximate surface area is 143 Å². The number of anilines is 1. The molecule has 1 atom stereocenters. The van der Waals surface area contributed by atoms with Crippen molar-refractivity contribution in [2.75, 3.05) is 11.6 Å². The van der Waals surface area contributed by atoms with Gasteiger partial charge in [-0.15, -0.1) is 0 Å². The van der Waals surface area contributed by atoms with Crippen molar-refractivity contribution in [3.63, 3.8) is 0 Å². The molecule has 0 spiro atoms. The largest absolute Gasteiger partial charge is 0.335 e. The molecule has 128 valence electrons. The molecular weight excluding hydrogens is 324 g/mol. The van der Waals surface area contributed by atoms with E-state index in [9.17, 15) is 13.2 Å². The van der Waals surface area contributed by atoms with Gasteiger partial charge in [0, 0.05) is 18.0 Å². The highest BCUT2D eigenvalue weighted by molar-refractivity contribution is 7.90. The highest BCUT2D eigenvalue weighted by atomic mass is 32.2. The summed E-state index contributed by atoms with van der Waals surface area (Å²) in [6.45, 7) is 1.95. The number of hydrogen-bond acceptors (Lipinski definition) is 3. The van der Waals surface area contributed by atoms with Crippen molar-refractivity contribution >= 4 is 21.6 Å². The molecule has 5 nitrogen and oxygen atoms in total. The van der Waals surface area contributed by atoms with Crippen LogP contribution in [0.1, 0.15) is 18.9 Å². The fourth-order valence-electron chi connectivity index (χ4n) is 2.28. The lowest BCUT2D eigenvalue weighted by Gasteiger charge is -2.15. The number of carbonyl (C=O) groups excluding carboxylic acids is 1. The Kier molecular flexibility index (Phi) is 5.98. The number of carbonyl (C=O) groups is 1. The monoisotopic (exact) mass is 346 g/mol. The number of sulfone groups is 1. The van der Waals surface area contributed by atoms with Crippen LogP contribution in [0.25, 0.3) is 0 Å². The summed E-state index contributed by atoms with van der Waals surface area (Å²) >= 11 is 0. The first-order valence-electron chi connectivity index (χ1n) is 7.76. The van der Waals surface area contributed by atoms with E-state index in [0.29, 0.717) is 5.69 Å². The van der Waals surface area contributed by atoms with Crippen LogP contribution in [0.2, 0.25) is 0 Å². The Morgan fingerprint density at radius 2 is 1.67 bits per heavy atom. The fourth-order valence-corrected chi connectivity index (χ4v) is 2.91. The van der Waals surface area contributed by atoms with Crippen molar-refractivity contribution in [3.8, 4) is 0 Å². The van der Waals surface area contributed by atoms with E-state index >= 15 is 0 Å². The minimum absolute atomic E-state index is 0.0282. The predicted octanol–water partition coefficient (Wildman–Crippen LogP) is 3.23. The van der Waals surface area contributed by atoms with Gasteiger partial charge in [-0.2, -0.15) is 0 Å². The number of benzene rings is 2. The number of rotatable bonds is 6. The van der Waals surface area contributed by atoms with Crippen LogP contribution in [0.4, 0.5) is 10.5 Å². The van der Waals surface area contributed by atoms with Gasteiger partial charge in [0.05, 0.1) is 4.90 Å². The third-order valence-electron chi connectivity index (χ3n) is 3.63. The molecule has 0 aliphatic rings. The van der Waals surface area contributed by atoms with Crippen LogP contribution in [-0.4, -0.2) is 26.7 Å². The topological polar surface area (TPSA) is 75.3 Å². The zero-order valence-corrected chi connectivity index (χ0v) is 14.6. The third-order valence-corrected chi connectivity index (χ3v) is 4.76. The van der Waals surface area contributed by atoms with Crippen LogP contribution in [0.3, 0.4) is 0 Å². The summed E-state index contributed by atoms with van der Waals surface area (Å²) in [5.74, 6) is 0. The molecule has 2 aromatic carbocycles. The summed E-state index contributed by atoms with van der Waals surface area (Å²) in [7, 11) is -3.23. The van der Waals surface area contributed by atoms with E-state index in [1.807, 2.05) is 25.1 Å². The zero-order chi connectivity index (χ0) is 17.6. The summed E-state index contributed by atoms with van der Waals surface area (Å²) < 4.78 is 22.8. The highest BCUT2D eigenvalue weighted by Gasteiger charge is 2.09. The maximum Gasteiger partial charge on any atom is 0.319 e. The van der Waals surface area contributed by atoms with Gasteiger partial charge in [-0.3, -0.25) is 0 Å². The smallest absolute Gasteiger partial charge is 0.319 e. The van der Waals surface area contributed by atoms with E-state index in [2.05, 4.69) is 22.8 Å². The normalized spacial score (nSPS) is 12.4. The lowest BCUT2D eigenvalue weighted by Crippen LogP contribution is -2.36. The standard InChI is InChI=1S/C18H22N2O3S/c1-14(8-9-15-6-4-3-5-7-15)19-18(21)20-16-10-12-17(13-11-16)24(2,22)23/h3-7,10-14H,8-9H2,1-2H3,(H2,19,20,21). The van der Waals surface area contributed by atoms with Crippen LogP contribution in [0.5, 0.6) is 0 Å². The number of hydrogen-bond donors (Lipinski definition) is 2. The van der Waals surface area contributed by atoms with Gasteiger partial charge in [0.2, 0.25) is 0 Å². The molecule has 2 aromatic rings. The number of amides is 2. The predicted molar refractivity (Wildman–Crippen MR) is 95.9 cm³/mol. The molecule has 2 N–H and O–H groups in total. The molecule has 6 heteroatoms. The van der Waals surface area contributed by atoms with Crippen LogP contribution in [0, 0.1) is 0 Å². The molecule has 0 aromatic heterocycles. The zero-order valence-electron chi connectivity index (χ0n) is 13.8. The van der Waals surface area contributed by atoms with E-state index in [4.69, 9.17) is 0 Å². The molecule has 0 fully saturated rings. The molecule has 0 radical (unpaired) electrons. The Morgan fingerprint density at radius 1 is 1.04 bits per heavy atom. The molecular formula is C18H22N2O3S. The second-order valence-electron chi connectivity index (χ2n) is 5.82. The molecule has 24 heavy (non-hydrogen) atoms. The number of nitrogens with one attached hydrogen (secondary N) is 2. The molecule has 0 aliphatic heterocycles. The fraction of sp³-hybridized carbons (Fsp3) is 0.278. The average molecular weight is 346 g/mol. The van der Waals surface area contributed by atoms with E-state index in [1.54, 1.807) is 12.1 Å². The van der Waals surface area contributed by atoms with E-state index in [-0.39, 0.29) is 17.0 Å². The van der Waals surface area contributed by atoms with Gasteiger partial charge >= 0.3 is 6.03 Å². The molecule has 2 rings (SSSR count). The van der Waals surface area contributed by atoms with Crippen molar-refractivity contribution in [1.29, 1.82) is 0 Å². The highest BCUT2D eigenvalue weighted by Crippen LogP contribution is 2.14. The molecule has 0 bridgehead atoms. The quantitative estimate of drug-likeness (QED) is 0.843. The van der Waals surface area contributed by atoms with Gasteiger partial charge in [-0.25, -0.2) is 13.2 Å². The molecule has 1 unspecified atom stereocenters. The first kappa shape index (κ1) is 18.0. The Morgan fingerprint density at radius 3 is 2.25 bits per heavy atom. The second kappa shape index (κ2) is 7.97. The lowest BCUT2D eigenvalue weighted by atomic mass is 10.1. The van der Waals surface area contributed by atoms with Crippen molar-refractivity contribution in [1.82, 2.24) is 5.32 Å². The van der Waals surface area contributed by atoms with E-state index in [0.717, 1.165) is 19.1 Å². The second-order valence-corrected chi connectivity index (χ2v) is 7.84. The Bertz CT molecular complexity index is 772. The Balaban J connectivity index is 1.82. The average Bonchev–Trinajstić information content (AvgIpc) is 2.53. The van der Waals surface area contributed by atoms with Gasteiger partial charge in [0.15, 0.2) is 9.84 Å². The summed E-state index contributed by atoms with van der Waals surface area (Å²) in [5, 5.41) is 5.58. The van der Waals surface area contributed by atoms with Gasteiger partial charge in [-0.1, -0.05) is 30.3 Å².